The number of likely N-dealkylation sites (tertiary alicyclic amines) is 2. The van der Waals surface area contributed by atoms with Gasteiger partial charge in [0.1, 0.15) is 12.2 Å². The lowest BCUT2D eigenvalue weighted by Crippen LogP contribution is -2.34. The quantitative estimate of drug-likeness (QED) is 0.288. The van der Waals surface area contributed by atoms with Crippen molar-refractivity contribution in [2.24, 2.45) is 0 Å². The van der Waals surface area contributed by atoms with Crippen LogP contribution < -0.4 is 9.47 Å². The van der Waals surface area contributed by atoms with Crippen molar-refractivity contribution in [3.8, 4) is 11.8 Å². The van der Waals surface area contributed by atoms with Gasteiger partial charge in [-0.2, -0.15) is 0 Å². The number of fused-ring (bicyclic) bond motifs is 1. The van der Waals surface area contributed by atoms with Gasteiger partial charge in [0.15, 0.2) is 0 Å². The highest BCUT2D eigenvalue weighted by atomic mass is 16.5. The maximum Gasteiger partial charge on any atom is 0.242 e. The van der Waals surface area contributed by atoms with E-state index in [1.165, 1.54) is 12.8 Å². The van der Waals surface area contributed by atoms with Gasteiger partial charge in [-0.3, -0.25) is 9.80 Å². The molecule has 0 spiro atoms. The van der Waals surface area contributed by atoms with Gasteiger partial charge in [-0.15, -0.1) is 10.2 Å². The smallest absolute Gasteiger partial charge is 0.242 e. The van der Waals surface area contributed by atoms with Gasteiger partial charge in [0.2, 0.25) is 11.8 Å². The third-order valence-corrected chi connectivity index (χ3v) is 8.21. The Morgan fingerprint density at radius 2 is 1.00 bits per heavy atom. The molecule has 3 aromatic carbocycles. The molecule has 6 heteroatoms. The lowest BCUT2D eigenvalue weighted by Gasteiger charge is -2.31. The van der Waals surface area contributed by atoms with Crippen LogP contribution in [-0.4, -0.2) is 59.3 Å². The molecule has 0 radical (unpaired) electrons. The highest BCUT2D eigenvalue weighted by molar-refractivity contribution is 5.90. The van der Waals surface area contributed by atoms with E-state index in [2.05, 4.69) is 94.8 Å². The Hall–Kier alpha value is -3.48. The van der Waals surface area contributed by atoms with Crippen molar-refractivity contribution >= 4 is 10.8 Å². The number of hydrogen-bond donors (Lipinski definition) is 0. The fourth-order valence-electron chi connectivity index (χ4n) is 6.13. The molecule has 0 amide bonds. The summed E-state index contributed by atoms with van der Waals surface area (Å²) in [4.78, 5) is 4.79. The molecule has 2 aliphatic rings. The number of benzene rings is 3. The summed E-state index contributed by atoms with van der Waals surface area (Å²) in [5, 5.41) is 11.1. The molecule has 0 unspecified atom stereocenters. The molecule has 2 fully saturated rings. The Bertz CT molecular complexity index is 1250. The zero-order valence-electron chi connectivity index (χ0n) is 22.2. The summed E-state index contributed by atoms with van der Waals surface area (Å²) in [5.74, 6) is 1.10. The van der Waals surface area contributed by atoms with Crippen molar-refractivity contribution in [3.63, 3.8) is 0 Å². The van der Waals surface area contributed by atoms with Crippen LogP contribution in [0, 0.1) is 0 Å². The van der Waals surface area contributed by atoms with E-state index in [0.29, 0.717) is 11.8 Å². The topological polar surface area (TPSA) is 50.7 Å². The van der Waals surface area contributed by atoms with Crippen LogP contribution in [0.15, 0.2) is 84.9 Å². The molecule has 6 nitrogen and oxygen atoms in total. The van der Waals surface area contributed by atoms with Crippen molar-refractivity contribution in [1.29, 1.82) is 0 Å². The standard InChI is InChI=1S/C32H36N4O2/c1-35-21-11-19-27(35)29(23-13-5-3-6-14-23)37-31-25-17-9-10-18-26(25)32(34-33-31)38-30(24-15-7-4-8-16-24)28-20-12-22-36(28)2/h3-10,13-18,27-30H,11-12,19-22H2,1-2H3/t27-,28-,29-,30-/m0/s1. The third kappa shape index (κ3) is 4.98. The molecule has 6 rings (SSSR count). The number of nitrogens with zero attached hydrogens (tertiary/aromatic N) is 4. The van der Waals surface area contributed by atoms with E-state index in [-0.39, 0.29) is 24.3 Å². The van der Waals surface area contributed by atoms with Crippen LogP contribution in [0.2, 0.25) is 0 Å². The Morgan fingerprint density at radius 3 is 1.37 bits per heavy atom. The minimum absolute atomic E-state index is 0.127. The van der Waals surface area contributed by atoms with E-state index in [1.807, 2.05) is 24.3 Å². The van der Waals surface area contributed by atoms with E-state index >= 15 is 0 Å². The fraction of sp³-hybridized carbons (Fsp3) is 0.375. The van der Waals surface area contributed by atoms with Crippen molar-refractivity contribution in [1.82, 2.24) is 20.0 Å². The molecule has 0 saturated carbocycles. The van der Waals surface area contributed by atoms with Crippen LogP contribution in [0.5, 0.6) is 11.8 Å². The van der Waals surface area contributed by atoms with Crippen molar-refractivity contribution in [2.75, 3.05) is 27.2 Å². The highest BCUT2D eigenvalue weighted by Gasteiger charge is 2.35. The molecule has 0 aliphatic carbocycles. The fourth-order valence-corrected chi connectivity index (χ4v) is 6.13. The molecular formula is C32H36N4O2. The monoisotopic (exact) mass is 508 g/mol. The SMILES string of the molecule is CN1CCC[C@H]1[C@@H](Oc1nnc(O[C@@H](c2ccccc2)[C@@H]2CCCN2C)c2ccccc12)c1ccccc1. The summed E-state index contributed by atoms with van der Waals surface area (Å²) >= 11 is 0. The van der Waals surface area contributed by atoms with E-state index in [4.69, 9.17) is 9.47 Å². The first-order valence-electron chi connectivity index (χ1n) is 13.8. The summed E-state index contributed by atoms with van der Waals surface area (Å²) in [7, 11) is 4.36. The molecule has 1 aromatic heterocycles. The third-order valence-electron chi connectivity index (χ3n) is 8.21. The second kappa shape index (κ2) is 11.1. The molecule has 196 valence electrons. The second-order valence-electron chi connectivity index (χ2n) is 10.6. The number of likely N-dealkylation sites (N-methyl/N-ethyl adjacent to an activating group) is 2. The average Bonchev–Trinajstić information content (AvgIpc) is 3.59. The Morgan fingerprint density at radius 1 is 0.605 bits per heavy atom. The van der Waals surface area contributed by atoms with Gasteiger partial charge in [-0.05, 0) is 76.1 Å². The first kappa shape index (κ1) is 24.8. The predicted molar refractivity (Wildman–Crippen MR) is 150 cm³/mol. The molecule has 38 heavy (non-hydrogen) atoms. The van der Waals surface area contributed by atoms with Gasteiger partial charge in [0.05, 0.1) is 22.9 Å². The van der Waals surface area contributed by atoms with E-state index in [9.17, 15) is 0 Å². The van der Waals surface area contributed by atoms with Crippen LogP contribution in [0.25, 0.3) is 10.8 Å². The normalized spacial score (nSPS) is 21.9. The number of hydrogen-bond acceptors (Lipinski definition) is 6. The summed E-state index contributed by atoms with van der Waals surface area (Å²) in [6.07, 6.45) is 4.27. The minimum atomic E-state index is -0.127. The maximum absolute atomic E-state index is 6.75. The predicted octanol–water partition coefficient (Wildman–Crippen LogP) is 6.06. The molecule has 4 aromatic rings. The summed E-state index contributed by atoms with van der Waals surface area (Å²) in [6.45, 7) is 2.15. The molecule has 4 atom stereocenters. The van der Waals surface area contributed by atoms with Crippen molar-refractivity contribution in [2.45, 2.75) is 50.0 Å². The second-order valence-corrected chi connectivity index (χ2v) is 10.6. The average molecular weight is 509 g/mol. The summed E-state index contributed by atoms with van der Waals surface area (Å²) in [5.41, 5.74) is 2.32. The first-order valence-corrected chi connectivity index (χ1v) is 13.8. The number of ether oxygens (including phenoxy) is 2. The zero-order valence-corrected chi connectivity index (χ0v) is 22.2. The zero-order chi connectivity index (χ0) is 25.9. The van der Waals surface area contributed by atoms with Crippen LogP contribution in [0.4, 0.5) is 0 Å². The maximum atomic E-state index is 6.75. The Kier molecular flexibility index (Phi) is 7.25. The molecular weight excluding hydrogens is 472 g/mol. The van der Waals surface area contributed by atoms with Crippen LogP contribution in [0.1, 0.15) is 49.0 Å². The van der Waals surface area contributed by atoms with Crippen LogP contribution in [0.3, 0.4) is 0 Å². The molecule has 2 aliphatic heterocycles. The lowest BCUT2D eigenvalue weighted by atomic mass is 10.00. The molecule has 0 bridgehead atoms. The number of aromatic nitrogens is 2. The lowest BCUT2D eigenvalue weighted by molar-refractivity contribution is 0.0970. The van der Waals surface area contributed by atoms with Gasteiger partial charge < -0.3 is 9.47 Å². The van der Waals surface area contributed by atoms with E-state index < -0.39 is 0 Å². The Labute approximate surface area is 225 Å². The van der Waals surface area contributed by atoms with Gasteiger partial charge >= 0.3 is 0 Å². The largest absolute Gasteiger partial charge is 0.466 e. The van der Waals surface area contributed by atoms with Crippen LogP contribution >= 0.6 is 0 Å². The van der Waals surface area contributed by atoms with Gasteiger partial charge in [0, 0.05) is 0 Å². The molecule has 0 N–H and O–H groups in total. The highest BCUT2D eigenvalue weighted by Crippen LogP contribution is 2.38. The van der Waals surface area contributed by atoms with Crippen LogP contribution in [-0.2, 0) is 0 Å². The molecule has 3 heterocycles. The summed E-state index contributed by atoms with van der Waals surface area (Å²) in [6, 6.07) is 29.7. The van der Waals surface area contributed by atoms with Gasteiger partial charge in [0.25, 0.3) is 0 Å². The summed E-state index contributed by atoms with van der Waals surface area (Å²) < 4.78 is 13.5. The van der Waals surface area contributed by atoms with E-state index in [0.717, 1.165) is 47.8 Å². The Balaban J connectivity index is 1.36. The number of rotatable bonds is 8. The minimum Gasteiger partial charge on any atom is -0.466 e. The van der Waals surface area contributed by atoms with Gasteiger partial charge in [-0.1, -0.05) is 72.8 Å². The van der Waals surface area contributed by atoms with Crippen molar-refractivity contribution < 1.29 is 9.47 Å². The van der Waals surface area contributed by atoms with Crippen molar-refractivity contribution in [3.05, 3.63) is 96.1 Å². The molecule has 2 saturated heterocycles. The van der Waals surface area contributed by atoms with E-state index in [1.54, 1.807) is 0 Å². The first-order chi connectivity index (χ1) is 18.7. The van der Waals surface area contributed by atoms with Gasteiger partial charge in [-0.25, -0.2) is 0 Å².